The molecule has 0 aliphatic heterocycles. The second-order valence-electron chi connectivity index (χ2n) is 4.85. The molecule has 1 rings (SSSR count). The van der Waals surface area contributed by atoms with Crippen LogP contribution in [-0.2, 0) is 6.54 Å². The summed E-state index contributed by atoms with van der Waals surface area (Å²) < 4.78 is 5.46. The molecule has 0 aliphatic carbocycles. The summed E-state index contributed by atoms with van der Waals surface area (Å²) in [7, 11) is 0. The summed E-state index contributed by atoms with van der Waals surface area (Å²) >= 11 is 0. The fraction of sp³-hybridized carbons (Fsp3) is 0.600. The van der Waals surface area contributed by atoms with Gasteiger partial charge in [-0.15, -0.1) is 24.0 Å². The van der Waals surface area contributed by atoms with Crippen LogP contribution >= 0.6 is 24.0 Å². The van der Waals surface area contributed by atoms with Crippen molar-refractivity contribution in [1.29, 1.82) is 0 Å². The zero-order valence-electron chi connectivity index (χ0n) is 13.3. The van der Waals surface area contributed by atoms with Gasteiger partial charge in [-0.2, -0.15) is 0 Å². The maximum absolute atomic E-state index is 5.46. The van der Waals surface area contributed by atoms with E-state index in [-0.39, 0.29) is 24.0 Å². The van der Waals surface area contributed by atoms with Gasteiger partial charge in [0.15, 0.2) is 5.96 Å². The number of halogens is 1. The Morgan fingerprint density at radius 1 is 1.33 bits per heavy atom. The van der Waals surface area contributed by atoms with Crippen molar-refractivity contribution in [2.75, 3.05) is 13.2 Å². The molecular weight excluding hydrogens is 379 g/mol. The van der Waals surface area contributed by atoms with E-state index >= 15 is 0 Å². The smallest absolute Gasteiger partial charge is 0.213 e. The lowest BCUT2D eigenvalue weighted by atomic mass is 10.3. The monoisotopic (exact) mass is 406 g/mol. The maximum Gasteiger partial charge on any atom is 0.213 e. The first kappa shape index (κ1) is 19.9. The zero-order chi connectivity index (χ0) is 14.8. The number of rotatable bonds is 7. The van der Waals surface area contributed by atoms with E-state index < -0.39 is 0 Å². The highest BCUT2D eigenvalue weighted by molar-refractivity contribution is 14.0. The Morgan fingerprint density at radius 3 is 2.62 bits per heavy atom. The van der Waals surface area contributed by atoms with Gasteiger partial charge in [-0.3, -0.25) is 0 Å². The van der Waals surface area contributed by atoms with E-state index in [0.29, 0.717) is 25.1 Å². The summed E-state index contributed by atoms with van der Waals surface area (Å²) in [6.45, 7) is 10.5. The quantitative estimate of drug-likeness (QED) is 0.415. The van der Waals surface area contributed by atoms with Gasteiger partial charge >= 0.3 is 0 Å². The summed E-state index contributed by atoms with van der Waals surface area (Å²) in [6.07, 6.45) is 2.80. The Balaban J connectivity index is 0.00000400. The number of nitrogens with one attached hydrogen (secondary N) is 2. The number of hydrogen-bond donors (Lipinski definition) is 2. The van der Waals surface area contributed by atoms with E-state index in [9.17, 15) is 0 Å². The molecule has 2 N–H and O–H groups in total. The van der Waals surface area contributed by atoms with Crippen LogP contribution in [0, 0.1) is 0 Å². The van der Waals surface area contributed by atoms with Crippen molar-refractivity contribution >= 4 is 29.9 Å². The lowest BCUT2D eigenvalue weighted by molar-refractivity contribution is 0.305. The van der Waals surface area contributed by atoms with Gasteiger partial charge < -0.3 is 15.4 Å². The molecule has 1 aromatic heterocycles. The first-order valence-corrected chi connectivity index (χ1v) is 7.28. The van der Waals surface area contributed by atoms with Gasteiger partial charge in [0.05, 0.1) is 13.2 Å². The molecule has 0 bridgehead atoms. The average Bonchev–Trinajstić information content (AvgIpc) is 2.43. The van der Waals surface area contributed by atoms with E-state index in [1.807, 2.05) is 18.3 Å². The Morgan fingerprint density at radius 2 is 2.10 bits per heavy atom. The van der Waals surface area contributed by atoms with Crippen LogP contribution in [0.25, 0.3) is 0 Å². The van der Waals surface area contributed by atoms with Crippen LogP contribution in [0.4, 0.5) is 0 Å². The van der Waals surface area contributed by atoms with Crippen LogP contribution < -0.4 is 15.4 Å². The molecule has 0 spiro atoms. The second-order valence-corrected chi connectivity index (χ2v) is 4.85. The summed E-state index contributed by atoms with van der Waals surface area (Å²) in [6, 6.07) is 4.25. The van der Waals surface area contributed by atoms with E-state index in [0.717, 1.165) is 24.5 Å². The number of pyridine rings is 1. The molecule has 6 heteroatoms. The molecule has 21 heavy (non-hydrogen) atoms. The molecule has 0 radical (unpaired) electrons. The molecule has 0 aromatic carbocycles. The van der Waals surface area contributed by atoms with E-state index in [4.69, 9.17) is 4.74 Å². The summed E-state index contributed by atoms with van der Waals surface area (Å²) in [5.74, 6) is 1.50. The van der Waals surface area contributed by atoms with Crippen LogP contribution in [0.15, 0.2) is 23.3 Å². The summed E-state index contributed by atoms with van der Waals surface area (Å²) in [5.41, 5.74) is 1.06. The number of ether oxygens (including phenoxy) is 1. The molecule has 0 atom stereocenters. The SMILES string of the molecule is CCCOc1ccc(CN=C(NCC)NC(C)C)cn1.I. The van der Waals surface area contributed by atoms with Gasteiger partial charge in [0, 0.05) is 24.8 Å². The van der Waals surface area contributed by atoms with Gasteiger partial charge in [0.2, 0.25) is 5.88 Å². The number of nitrogens with zero attached hydrogens (tertiary/aromatic N) is 2. The molecule has 0 aliphatic rings. The number of aromatic nitrogens is 1. The van der Waals surface area contributed by atoms with Gasteiger partial charge in [-0.05, 0) is 32.8 Å². The first-order chi connectivity index (χ1) is 9.65. The molecule has 0 fully saturated rings. The fourth-order valence-corrected chi connectivity index (χ4v) is 1.56. The van der Waals surface area contributed by atoms with Gasteiger partial charge in [-0.1, -0.05) is 13.0 Å². The third-order valence-corrected chi connectivity index (χ3v) is 2.44. The van der Waals surface area contributed by atoms with Crippen LogP contribution in [0.3, 0.4) is 0 Å². The molecule has 1 aromatic rings. The molecule has 0 amide bonds. The van der Waals surface area contributed by atoms with Crippen LogP contribution in [-0.4, -0.2) is 30.1 Å². The Labute approximate surface area is 145 Å². The minimum Gasteiger partial charge on any atom is -0.478 e. The van der Waals surface area contributed by atoms with Crippen LogP contribution in [0.1, 0.15) is 39.7 Å². The lowest BCUT2D eigenvalue weighted by Crippen LogP contribution is -2.40. The minimum atomic E-state index is 0. The molecule has 0 saturated carbocycles. The predicted molar refractivity (Wildman–Crippen MR) is 98.5 cm³/mol. The molecule has 0 saturated heterocycles. The third-order valence-electron chi connectivity index (χ3n) is 2.44. The van der Waals surface area contributed by atoms with Crippen molar-refractivity contribution in [3.63, 3.8) is 0 Å². The lowest BCUT2D eigenvalue weighted by Gasteiger charge is -2.13. The molecule has 0 unspecified atom stereocenters. The highest BCUT2D eigenvalue weighted by atomic mass is 127. The number of hydrogen-bond acceptors (Lipinski definition) is 3. The highest BCUT2D eigenvalue weighted by Gasteiger charge is 2.00. The molecule has 120 valence electrons. The van der Waals surface area contributed by atoms with Gasteiger partial charge in [0.25, 0.3) is 0 Å². The first-order valence-electron chi connectivity index (χ1n) is 7.28. The topological polar surface area (TPSA) is 58.5 Å². The fourth-order valence-electron chi connectivity index (χ4n) is 1.56. The molecule has 5 nitrogen and oxygen atoms in total. The number of aliphatic imine (C=N–C) groups is 1. The Kier molecular flexibility index (Phi) is 11.0. The van der Waals surface area contributed by atoms with Crippen molar-refractivity contribution < 1.29 is 4.74 Å². The normalized spacial score (nSPS) is 11.0. The van der Waals surface area contributed by atoms with Gasteiger partial charge in [0.1, 0.15) is 0 Å². The van der Waals surface area contributed by atoms with Crippen molar-refractivity contribution in [3.05, 3.63) is 23.9 Å². The van der Waals surface area contributed by atoms with Crippen LogP contribution in [0.2, 0.25) is 0 Å². The van der Waals surface area contributed by atoms with Crippen molar-refractivity contribution in [1.82, 2.24) is 15.6 Å². The summed E-state index contributed by atoms with van der Waals surface area (Å²) in [4.78, 5) is 8.80. The van der Waals surface area contributed by atoms with Crippen molar-refractivity contribution in [3.8, 4) is 5.88 Å². The number of guanidine groups is 1. The molecule has 1 heterocycles. The Hall–Kier alpha value is -1.05. The largest absolute Gasteiger partial charge is 0.478 e. The van der Waals surface area contributed by atoms with E-state index in [1.165, 1.54) is 0 Å². The summed E-state index contributed by atoms with van der Waals surface area (Å²) in [5, 5.41) is 6.50. The highest BCUT2D eigenvalue weighted by Crippen LogP contribution is 2.08. The van der Waals surface area contributed by atoms with E-state index in [2.05, 4.69) is 48.3 Å². The Bertz CT molecular complexity index is 407. The predicted octanol–water partition coefficient (Wildman–Crippen LogP) is 2.95. The minimum absolute atomic E-state index is 0. The second kappa shape index (κ2) is 11.6. The standard InChI is InChI=1S/C15H26N4O.HI/c1-5-9-20-14-8-7-13(10-17-14)11-18-15(16-6-2)19-12(3)4;/h7-8,10,12H,5-6,9,11H2,1-4H3,(H2,16,18,19);1H. The maximum atomic E-state index is 5.46. The van der Waals surface area contributed by atoms with Crippen LogP contribution in [0.5, 0.6) is 5.88 Å². The van der Waals surface area contributed by atoms with Gasteiger partial charge in [-0.25, -0.2) is 9.98 Å². The van der Waals surface area contributed by atoms with Crippen molar-refractivity contribution in [2.45, 2.75) is 46.7 Å². The molecular formula is C15H27IN4O. The average molecular weight is 406 g/mol. The van der Waals surface area contributed by atoms with Crippen molar-refractivity contribution in [2.24, 2.45) is 4.99 Å². The zero-order valence-corrected chi connectivity index (χ0v) is 15.7. The third kappa shape index (κ3) is 8.75. The van der Waals surface area contributed by atoms with E-state index in [1.54, 1.807) is 0 Å².